The van der Waals surface area contributed by atoms with Crippen molar-refractivity contribution in [1.29, 1.82) is 0 Å². The molecule has 0 aliphatic heterocycles. The maximum Gasteiger partial charge on any atom is 0.0534 e. The molecule has 4 heteroatoms. The van der Waals surface area contributed by atoms with Crippen molar-refractivity contribution in [2.45, 2.75) is 51.1 Å². The summed E-state index contributed by atoms with van der Waals surface area (Å²) in [5.41, 5.74) is 7.66. The van der Waals surface area contributed by atoms with Crippen molar-refractivity contribution in [3.8, 4) is 0 Å². The highest BCUT2D eigenvalue weighted by molar-refractivity contribution is 5.07. The van der Waals surface area contributed by atoms with E-state index in [0.717, 1.165) is 19.0 Å². The molecule has 2 N–H and O–H groups in total. The zero-order valence-electron chi connectivity index (χ0n) is 12.6. The number of nitrogens with two attached hydrogens (primary N) is 1. The van der Waals surface area contributed by atoms with Gasteiger partial charge in [-0.15, -0.1) is 0 Å². The average Bonchev–Trinajstić information content (AvgIpc) is 2.83. The largest absolute Gasteiger partial charge is 0.329 e. The Balaban J connectivity index is 2.14. The number of likely N-dealkylation sites (N-methyl/N-ethyl adjacent to an activating group) is 1. The van der Waals surface area contributed by atoms with Crippen LogP contribution in [0.25, 0.3) is 0 Å². The van der Waals surface area contributed by atoms with Crippen LogP contribution in [0.15, 0.2) is 12.4 Å². The van der Waals surface area contributed by atoms with Crippen LogP contribution in [0, 0.1) is 5.92 Å². The van der Waals surface area contributed by atoms with Gasteiger partial charge in [0.2, 0.25) is 0 Å². The predicted molar refractivity (Wildman–Crippen MR) is 78.7 cm³/mol. The SMILES string of the molecule is CCC1CCCCC1(CN)N(C)Cc1cnn(C)c1. The van der Waals surface area contributed by atoms with Crippen molar-refractivity contribution < 1.29 is 0 Å². The van der Waals surface area contributed by atoms with Crippen LogP contribution in [0.2, 0.25) is 0 Å². The predicted octanol–water partition coefficient (Wildman–Crippen LogP) is 2.15. The monoisotopic (exact) mass is 264 g/mol. The highest BCUT2D eigenvalue weighted by Gasteiger charge is 2.41. The van der Waals surface area contributed by atoms with E-state index in [1.165, 1.54) is 37.7 Å². The third kappa shape index (κ3) is 2.84. The molecule has 108 valence electrons. The summed E-state index contributed by atoms with van der Waals surface area (Å²) < 4.78 is 1.87. The van der Waals surface area contributed by atoms with E-state index in [1.807, 2.05) is 17.9 Å². The molecule has 0 bridgehead atoms. The lowest BCUT2D eigenvalue weighted by Crippen LogP contribution is -2.58. The number of nitrogens with zero attached hydrogens (tertiary/aromatic N) is 3. The highest BCUT2D eigenvalue weighted by atomic mass is 15.3. The van der Waals surface area contributed by atoms with E-state index in [2.05, 4.69) is 30.2 Å². The third-order valence-corrected chi connectivity index (χ3v) is 4.96. The lowest BCUT2D eigenvalue weighted by atomic mass is 9.70. The quantitative estimate of drug-likeness (QED) is 0.886. The Labute approximate surface area is 117 Å². The van der Waals surface area contributed by atoms with Gasteiger partial charge in [0.15, 0.2) is 0 Å². The molecule has 1 heterocycles. The summed E-state index contributed by atoms with van der Waals surface area (Å²) in [7, 11) is 4.20. The van der Waals surface area contributed by atoms with E-state index in [9.17, 15) is 0 Å². The molecule has 1 aromatic rings. The van der Waals surface area contributed by atoms with Crippen LogP contribution in [0.4, 0.5) is 0 Å². The second-order valence-electron chi connectivity index (χ2n) is 6.04. The van der Waals surface area contributed by atoms with Gasteiger partial charge in [-0.3, -0.25) is 9.58 Å². The molecule has 0 aromatic carbocycles. The minimum atomic E-state index is 0.183. The Hall–Kier alpha value is -0.870. The van der Waals surface area contributed by atoms with Crippen LogP contribution in [0.5, 0.6) is 0 Å². The van der Waals surface area contributed by atoms with Gasteiger partial charge in [-0.1, -0.05) is 26.2 Å². The van der Waals surface area contributed by atoms with Crippen LogP contribution < -0.4 is 5.73 Å². The summed E-state index contributed by atoms with van der Waals surface area (Å²) in [4.78, 5) is 2.48. The molecule has 0 spiro atoms. The number of hydrogen-bond donors (Lipinski definition) is 1. The first-order valence-corrected chi connectivity index (χ1v) is 7.51. The molecule has 2 rings (SSSR count). The van der Waals surface area contributed by atoms with Gasteiger partial charge in [0.1, 0.15) is 0 Å². The average molecular weight is 264 g/mol. The van der Waals surface area contributed by atoms with Crippen molar-refractivity contribution in [2.24, 2.45) is 18.7 Å². The minimum absolute atomic E-state index is 0.183. The normalized spacial score (nSPS) is 27.9. The van der Waals surface area contributed by atoms with E-state index in [0.29, 0.717) is 0 Å². The summed E-state index contributed by atoms with van der Waals surface area (Å²) in [6.45, 7) is 4.02. The summed E-state index contributed by atoms with van der Waals surface area (Å²) in [6, 6.07) is 0. The first-order chi connectivity index (χ1) is 9.12. The van der Waals surface area contributed by atoms with Gasteiger partial charge < -0.3 is 5.73 Å². The molecule has 2 unspecified atom stereocenters. The van der Waals surface area contributed by atoms with Crippen molar-refractivity contribution in [3.63, 3.8) is 0 Å². The molecule has 0 radical (unpaired) electrons. The van der Waals surface area contributed by atoms with E-state index in [-0.39, 0.29) is 5.54 Å². The molecule has 0 amide bonds. The van der Waals surface area contributed by atoms with Crippen LogP contribution in [0.1, 0.15) is 44.6 Å². The van der Waals surface area contributed by atoms with Crippen LogP contribution in [-0.2, 0) is 13.6 Å². The molecule has 1 aliphatic carbocycles. The van der Waals surface area contributed by atoms with E-state index < -0.39 is 0 Å². The van der Waals surface area contributed by atoms with Gasteiger partial charge in [0.25, 0.3) is 0 Å². The Bertz CT molecular complexity index is 401. The number of rotatable bonds is 5. The van der Waals surface area contributed by atoms with Gasteiger partial charge in [-0.25, -0.2) is 0 Å². The molecule has 0 saturated heterocycles. The smallest absolute Gasteiger partial charge is 0.0534 e. The Morgan fingerprint density at radius 3 is 2.89 bits per heavy atom. The topological polar surface area (TPSA) is 47.1 Å². The Morgan fingerprint density at radius 1 is 1.53 bits per heavy atom. The zero-order chi connectivity index (χ0) is 13.9. The standard InChI is InChI=1S/C15H28N4/c1-4-14-7-5-6-8-15(14,12-16)18(2)10-13-9-17-19(3)11-13/h9,11,14H,4-8,10,12,16H2,1-3H3. The summed E-state index contributed by atoms with van der Waals surface area (Å²) in [5, 5.41) is 4.26. The summed E-state index contributed by atoms with van der Waals surface area (Å²) in [5.74, 6) is 0.730. The highest BCUT2D eigenvalue weighted by Crippen LogP contribution is 2.39. The van der Waals surface area contributed by atoms with Crippen molar-refractivity contribution in [3.05, 3.63) is 18.0 Å². The second-order valence-corrected chi connectivity index (χ2v) is 6.04. The number of aryl methyl sites for hydroxylation is 1. The molecular weight excluding hydrogens is 236 g/mol. The van der Waals surface area contributed by atoms with E-state index >= 15 is 0 Å². The number of aromatic nitrogens is 2. The van der Waals surface area contributed by atoms with E-state index in [4.69, 9.17) is 5.73 Å². The van der Waals surface area contributed by atoms with Gasteiger partial charge >= 0.3 is 0 Å². The van der Waals surface area contributed by atoms with Crippen LogP contribution >= 0.6 is 0 Å². The van der Waals surface area contributed by atoms with Crippen LogP contribution in [0.3, 0.4) is 0 Å². The fourth-order valence-corrected chi connectivity index (χ4v) is 3.79. The van der Waals surface area contributed by atoms with Crippen molar-refractivity contribution in [2.75, 3.05) is 13.6 Å². The Morgan fingerprint density at radius 2 is 2.32 bits per heavy atom. The fourth-order valence-electron chi connectivity index (χ4n) is 3.79. The molecular formula is C15H28N4. The third-order valence-electron chi connectivity index (χ3n) is 4.96. The van der Waals surface area contributed by atoms with Gasteiger partial charge in [0, 0.05) is 37.4 Å². The molecule has 4 nitrogen and oxygen atoms in total. The van der Waals surface area contributed by atoms with E-state index in [1.54, 1.807) is 0 Å². The first-order valence-electron chi connectivity index (χ1n) is 7.51. The summed E-state index contributed by atoms with van der Waals surface area (Å²) >= 11 is 0. The molecule has 2 atom stereocenters. The Kier molecular flexibility index (Phi) is 4.63. The maximum absolute atomic E-state index is 6.20. The van der Waals surface area contributed by atoms with Gasteiger partial charge in [0.05, 0.1) is 6.20 Å². The molecule has 1 saturated carbocycles. The molecule has 19 heavy (non-hydrogen) atoms. The second kappa shape index (κ2) is 6.06. The van der Waals surface area contributed by atoms with Crippen molar-refractivity contribution in [1.82, 2.24) is 14.7 Å². The lowest BCUT2D eigenvalue weighted by molar-refractivity contribution is 0.0177. The zero-order valence-corrected chi connectivity index (χ0v) is 12.6. The van der Waals surface area contributed by atoms with Crippen molar-refractivity contribution >= 4 is 0 Å². The van der Waals surface area contributed by atoms with Crippen LogP contribution in [-0.4, -0.2) is 33.8 Å². The maximum atomic E-state index is 6.20. The first kappa shape index (κ1) is 14.5. The van der Waals surface area contributed by atoms with Gasteiger partial charge in [-0.2, -0.15) is 5.10 Å². The molecule has 1 fully saturated rings. The molecule has 1 aliphatic rings. The lowest BCUT2D eigenvalue weighted by Gasteiger charge is -2.49. The summed E-state index contributed by atoms with van der Waals surface area (Å²) in [6.07, 6.45) is 10.5. The minimum Gasteiger partial charge on any atom is -0.329 e. The fraction of sp³-hybridized carbons (Fsp3) is 0.800. The number of hydrogen-bond acceptors (Lipinski definition) is 3. The molecule has 1 aromatic heterocycles. The van der Waals surface area contributed by atoms with Gasteiger partial charge in [-0.05, 0) is 25.8 Å².